The third-order valence-corrected chi connectivity index (χ3v) is 7.16. The van der Waals surface area contributed by atoms with Crippen LogP contribution in [0.4, 0.5) is 0 Å². The summed E-state index contributed by atoms with van der Waals surface area (Å²) in [6, 6.07) is 7.49. The van der Waals surface area contributed by atoms with Gasteiger partial charge in [-0.15, -0.1) is 0 Å². The zero-order chi connectivity index (χ0) is 16.4. The highest BCUT2D eigenvalue weighted by Gasteiger charge is 2.50. The first-order valence-corrected chi connectivity index (χ1v) is 9.11. The van der Waals surface area contributed by atoms with Gasteiger partial charge in [0.15, 0.2) is 0 Å². The molecule has 1 heterocycles. The fraction of sp³-hybridized carbons (Fsp3) is 0.650. The number of hydrogen-bond donors (Lipinski definition) is 1. The molecule has 2 fully saturated rings. The van der Waals surface area contributed by atoms with Crippen LogP contribution in [0, 0.1) is 11.8 Å². The molecule has 4 rings (SSSR count). The van der Waals surface area contributed by atoms with Crippen molar-refractivity contribution in [3.05, 3.63) is 34.9 Å². The lowest BCUT2D eigenvalue weighted by Crippen LogP contribution is -2.60. The second-order valence-corrected chi connectivity index (χ2v) is 8.28. The predicted octanol–water partition coefficient (Wildman–Crippen LogP) is 3.11. The Morgan fingerprint density at radius 1 is 1.39 bits per heavy atom. The quantitative estimate of drug-likeness (QED) is 0.932. The molecule has 124 valence electrons. The van der Waals surface area contributed by atoms with Gasteiger partial charge in [0.25, 0.3) is 0 Å². The summed E-state index contributed by atoms with van der Waals surface area (Å²) in [5, 5.41) is 0. The van der Waals surface area contributed by atoms with Crippen LogP contribution in [-0.2, 0) is 11.8 Å². The lowest BCUT2D eigenvalue weighted by Gasteiger charge is -2.56. The van der Waals surface area contributed by atoms with Crippen LogP contribution in [0.15, 0.2) is 18.2 Å². The summed E-state index contributed by atoms with van der Waals surface area (Å²) in [7, 11) is 0. The van der Waals surface area contributed by atoms with E-state index in [1.54, 1.807) is 0 Å². The smallest absolute Gasteiger partial charge is 0.248 e. The van der Waals surface area contributed by atoms with E-state index in [-0.39, 0.29) is 11.3 Å². The number of likely N-dealkylation sites (tertiary alicyclic amines) is 1. The summed E-state index contributed by atoms with van der Waals surface area (Å²) in [4.78, 5) is 14.4. The zero-order valence-electron chi connectivity index (χ0n) is 14.5. The molecule has 23 heavy (non-hydrogen) atoms. The lowest BCUT2D eigenvalue weighted by atomic mass is 9.58. The fourth-order valence-corrected chi connectivity index (χ4v) is 5.16. The summed E-state index contributed by atoms with van der Waals surface area (Å²) in [6.07, 6.45) is 5.11. The van der Waals surface area contributed by atoms with E-state index < -0.39 is 0 Å². The molecule has 3 heteroatoms. The Bertz CT molecular complexity index is 651. The first-order chi connectivity index (χ1) is 10.9. The van der Waals surface area contributed by atoms with Crippen LogP contribution in [-0.4, -0.2) is 29.4 Å². The number of fused-ring (bicyclic) bond motifs is 4. The van der Waals surface area contributed by atoms with Gasteiger partial charge in [-0.25, -0.2) is 0 Å². The summed E-state index contributed by atoms with van der Waals surface area (Å²) in [6.45, 7) is 8.42. The molecule has 1 aromatic carbocycles. The number of carbonyl (C=O) groups is 1. The Hall–Kier alpha value is -1.35. The molecular weight excluding hydrogens is 284 g/mol. The van der Waals surface area contributed by atoms with Crippen LogP contribution in [0.1, 0.15) is 61.5 Å². The van der Waals surface area contributed by atoms with Crippen LogP contribution < -0.4 is 5.73 Å². The number of primary amides is 1. The summed E-state index contributed by atoms with van der Waals surface area (Å²) >= 11 is 0. The summed E-state index contributed by atoms with van der Waals surface area (Å²) < 4.78 is 0. The van der Waals surface area contributed by atoms with Crippen LogP contribution in [0.2, 0.25) is 0 Å². The van der Waals surface area contributed by atoms with Gasteiger partial charge < -0.3 is 5.73 Å². The average Bonchev–Trinajstić information content (AvgIpc) is 3.34. The predicted molar refractivity (Wildman–Crippen MR) is 92.5 cm³/mol. The van der Waals surface area contributed by atoms with Crippen molar-refractivity contribution in [3.8, 4) is 0 Å². The van der Waals surface area contributed by atoms with E-state index in [0.717, 1.165) is 18.4 Å². The molecule has 4 atom stereocenters. The molecule has 2 bridgehead atoms. The molecule has 3 aliphatic rings. The molecule has 1 amide bonds. The minimum absolute atomic E-state index is 0.170. The van der Waals surface area contributed by atoms with E-state index in [2.05, 4.69) is 37.8 Å². The highest BCUT2D eigenvalue weighted by Crippen LogP contribution is 2.50. The van der Waals surface area contributed by atoms with Crippen LogP contribution in [0.3, 0.4) is 0 Å². The molecule has 1 saturated carbocycles. The first kappa shape index (κ1) is 15.2. The number of hydrogen-bond acceptors (Lipinski definition) is 2. The molecule has 3 nitrogen and oxygen atoms in total. The average molecular weight is 312 g/mol. The van der Waals surface area contributed by atoms with E-state index in [1.807, 2.05) is 6.07 Å². The highest BCUT2D eigenvalue weighted by molar-refractivity contribution is 5.93. The number of carbonyl (C=O) groups excluding carboxylic acids is 1. The topological polar surface area (TPSA) is 46.3 Å². The molecule has 0 spiro atoms. The van der Waals surface area contributed by atoms with Crippen molar-refractivity contribution in [2.45, 2.75) is 64.0 Å². The maximum atomic E-state index is 11.6. The van der Waals surface area contributed by atoms with Gasteiger partial charge in [0.05, 0.1) is 0 Å². The minimum Gasteiger partial charge on any atom is -0.366 e. The van der Waals surface area contributed by atoms with Gasteiger partial charge in [-0.2, -0.15) is 0 Å². The van der Waals surface area contributed by atoms with Gasteiger partial charge in [-0.05, 0) is 79.7 Å². The monoisotopic (exact) mass is 312 g/mol. The Balaban J connectivity index is 1.73. The molecule has 1 aromatic rings. The number of nitrogens with two attached hydrogens (primary N) is 1. The number of piperidine rings is 1. The Labute approximate surface area is 139 Å². The molecule has 1 aliphatic heterocycles. The van der Waals surface area contributed by atoms with Crippen molar-refractivity contribution in [3.63, 3.8) is 0 Å². The largest absolute Gasteiger partial charge is 0.366 e. The number of nitrogens with zero attached hydrogens (tertiary/aromatic N) is 1. The van der Waals surface area contributed by atoms with Crippen LogP contribution in [0.5, 0.6) is 0 Å². The highest BCUT2D eigenvalue weighted by atomic mass is 16.1. The lowest BCUT2D eigenvalue weighted by molar-refractivity contribution is 0.000499. The van der Waals surface area contributed by atoms with Crippen molar-refractivity contribution in [1.82, 2.24) is 4.90 Å². The van der Waals surface area contributed by atoms with Gasteiger partial charge >= 0.3 is 0 Å². The van der Waals surface area contributed by atoms with Crippen molar-refractivity contribution in [2.75, 3.05) is 6.54 Å². The van der Waals surface area contributed by atoms with Crippen LogP contribution in [0.25, 0.3) is 0 Å². The van der Waals surface area contributed by atoms with E-state index in [0.29, 0.717) is 17.5 Å². The van der Waals surface area contributed by atoms with Gasteiger partial charge in [0.1, 0.15) is 0 Å². The SMILES string of the molecule is C[C@@H](C1CC1)N1CC[C@]2(C)c3cc(C(N)=O)ccc3C[C@@H]1[C@@H]2C. The molecule has 0 aromatic heterocycles. The van der Waals surface area contributed by atoms with Gasteiger partial charge in [0.2, 0.25) is 5.91 Å². The molecule has 0 unspecified atom stereocenters. The molecule has 2 N–H and O–H groups in total. The van der Waals surface area contributed by atoms with Crippen LogP contribution >= 0.6 is 0 Å². The molecular formula is C20H28N2O. The zero-order valence-corrected chi connectivity index (χ0v) is 14.5. The number of benzene rings is 1. The maximum absolute atomic E-state index is 11.6. The van der Waals surface area contributed by atoms with Gasteiger partial charge in [0, 0.05) is 17.6 Å². The third-order valence-electron chi connectivity index (χ3n) is 7.16. The number of rotatable bonds is 3. The Kier molecular flexibility index (Phi) is 3.35. The van der Waals surface area contributed by atoms with Gasteiger partial charge in [-0.1, -0.05) is 19.9 Å². The normalized spacial score (nSPS) is 34.7. The van der Waals surface area contributed by atoms with Crippen molar-refractivity contribution in [1.29, 1.82) is 0 Å². The second kappa shape index (κ2) is 5.07. The van der Waals surface area contributed by atoms with E-state index in [4.69, 9.17) is 5.73 Å². The molecule has 0 radical (unpaired) electrons. The number of amides is 1. The first-order valence-electron chi connectivity index (χ1n) is 9.11. The second-order valence-electron chi connectivity index (χ2n) is 8.28. The Morgan fingerprint density at radius 3 is 2.78 bits per heavy atom. The van der Waals surface area contributed by atoms with E-state index in [9.17, 15) is 4.79 Å². The maximum Gasteiger partial charge on any atom is 0.248 e. The fourth-order valence-electron chi connectivity index (χ4n) is 5.16. The third kappa shape index (κ3) is 2.24. The summed E-state index contributed by atoms with van der Waals surface area (Å²) in [5.74, 6) is 1.23. The van der Waals surface area contributed by atoms with Crippen molar-refractivity contribution in [2.24, 2.45) is 17.6 Å². The minimum atomic E-state index is -0.314. The van der Waals surface area contributed by atoms with E-state index >= 15 is 0 Å². The van der Waals surface area contributed by atoms with Gasteiger partial charge in [-0.3, -0.25) is 9.69 Å². The molecule has 2 aliphatic carbocycles. The Morgan fingerprint density at radius 2 is 2.13 bits per heavy atom. The van der Waals surface area contributed by atoms with Crippen molar-refractivity contribution >= 4 is 5.91 Å². The summed E-state index contributed by atoms with van der Waals surface area (Å²) in [5.41, 5.74) is 9.13. The molecule has 1 saturated heterocycles. The van der Waals surface area contributed by atoms with E-state index in [1.165, 1.54) is 36.9 Å². The standard InChI is InChI=1S/C20H28N2O/c1-12-18-11-15-6-7-16(19(21)23)10-17(15)20(12,3)8-9-22(18)13(2)14-4-5-14/h6-7,10,12-14,18H,4-5,8-9,11H2,1-3H3,(H2,21,23)/t12-,13-,18+,20-/m0/s1. The van der Waals surface area contributed by atoms with Crippen molar-refractivity contribution < 1.29 is 4.79 Å².